The van der Waals surface area contributed by atoms with Crippen molar-refractivity contribution in [2.75, 3.05) is 0 Å². The molecule has 0 aliphatic carbocycles. The first-order chi connectivity index (χ1) is 11.7. The summed E-state index contributed by atoms with van der Waals surface area (Å²) in [5, 5.41) is 10.5. The Morgan fingerprint density at radius 2 is 2.12 bits per heavy atom. The van der Waals surface area contributed by atoms with Crippen LogP contribution in [0.3, 0.4) is 0 Å². The molecule has 0 bridgehead atoms. The second-order valence-corrected chi connectivity index (χ2v) is 6.61. The van der Waals surface area contributed by atoms with Gasteiger partial charge in [0.2, 0.25) is 0 Å². The molecule has 1 aliphatic heterocycles. The highest BCUT2D eigenvalue weighted by Gasteiger charge is 2.36. The summed E-state index contributed by atoms with van der Waals surface area (Å²) in [5.74, 6) is 0.483. The monoisotopic (exact) mass is 356 g/mol. The van der Waals surface area contributed by atoms with Crippen LogP contribution in [-0.4, -0.2) is 16.6 Å². The van der Waals surface area contributed by atoms with Crippen LogP contribution in [0.25, 0.3) is 0 Å². The maximum absolute atomic E-state index is 13.0. The number of hydrogen-bond acceptors (Lipinski definition) is 4. The van der Waals surface area contributed by atoms with E-state index in [2.05, 4.69) is 5.10 Å². The van der Waals surface area contributed by atoms with E-state index in [1.54, 1.807) is 41.9 Å². The summed E-state index contributed by atoms with van der Waals surface area (Å²) >= 11 is 7.79. The minimum atomic E-state index is -0.265. The molecule has 1 aromatic carbocycles. The van der Waals surface area contributed by atoms with E-state index in [-0.39, 0.29) is 11.9 Å². The number of halogens is 1. The normalized spacial score (nSPS) is 17.1. The van der Waals surface area contributed by atoms with Gasteiger partial charge in [0.25, 0.3) is 5.91 Å². The summed E-state index contributed by atoms with van der Waals surface area (Å²) in [6.45, 7) is 0. The molecule has 0 fully saturated rings. The van der Waals surface area contributed by atoms with E-state index in [0.29, 0.717) is 22.8 Å². The number of thiophene rings is 1. The standard InChI is InChI=1S/C18H13ClN2O2S/c19-14-5-2-1-4-13(14)18(22)21-16(17-6-3-8-23-17)10-15(20-21)12-7-9-24-11-12/h1-9,11,16H,10H2. The van der Waals surface area contributed by atoms with Crippen molar-refractivity contribution in [1.29, 1.82) is 0 Å². The molecule has 0 saturated heterocycles. The SMILES string of the molecule is O=C(c1ccccc1Cl)N1N=C(c2ccsc2)CC1c1ccco1. The molecular weight excluding hydrogens is 344 g/mol. The molecule has 24 heavy (non-hydrogen) atoms. The third-order valence-electron chi connectivity index (χ3n) is 3.95. The van der Waals surface area contributed by atoms with Gasteiger partial charge < -0.3 is 4.42 Å². The number of carbonyl (C=O) groups is 1. The van der Waals surface area contributed by atoms with Crippen LogP contribution in [0.4, 0.5) is 0 Å². The Labute approximate surface area is 148 Å². The number of furan rings is 1. The van der Waals surface area contributed by atoms with Gasteiger partial charge in [0.1, 0.15) is 11.8 Å². The average Bonchev–Trinajstić information content (AvgIpc) is 3.33. The van der Waals surface area contributed by atoms with Gasteiger partial charge in [-0.15, -0.1) is 0 Å². The van der Waals surface area contributed by atoms with E-state index in [1.807, 2.05) is 29.0 Å². The van der Waals surface area contributed by atoms with E-state index in [9.17, 15) is 4.79 Å². The van der Waals surface area contributed by atoms with Gasteiger partial charge in [-0.1, -0.05) is 23.7 Å². The van der Waals surface area contributed by atoms with Crippen molar-refractivity contribution in [3.8, 4) is 0 Å². The van der Waals surface area contributed by atoms with E-state index < -0.39 is 0 Å². The zero-order chi connectivity index (χ0) is 16.5. The third kappa shape index (κ3) is 2.66. The summed E-state index contributed by atoms with van der Waals surface area (Å²) in [6, 6.07) is 12.4. The molecule has 1 atom stereocenters. The molecule has 6 heteroatoms. The molecule has 4 rings (SSSR count). The van der Waals surface area contributed by atoms with Gasteiger partial charge in [-0.05, 0) is 41.1 Å². The lowest BCUT2D eigenvalue weighted by Crippen LogP contribution is -2.27. The van der Waals surface area contributed by atoms with Crippen molar-refractivity contribution in [2.24, 2.45) is 5.10 Å². The van der Waals surface area contributed by atoms with Crippen molar-refractivity contribution >= 4 is 34.6 Å². The smallest absolute Gasteiger partial charge is 0.276 e. The second-order valence-electron chi connectivity index (χ2n) is 5.42. The summed E-state index contributed by atoms with van der Waals surface area (Å²) in [6.07, 6.45) is 2.22. The highest BCUT2D eigenvalue weighted by atomic mass is 35.5. The Hall–Kier alpha value is -2.37. The Balaban J connectivity index is 1.74. The Morgan fingerprint density at radius 1 is 1.25 bits per heavy atom. The average molecular weight is 357 g/mol. The Bertz CT molecular complexity index is 888. The molecule has 0 N–H and O–H groups in total. The lowest BCUT2D eigenvalue weighted by atomic mass is 10.0. The van der Waals surface area contributed by atoms with Crippen molar-refractivity contribution in [1.82, 2.24) is 5.01 Å². The number of benzene rings is 1. The van der Waals surface area contributed by atoms with Crippen molar-refractivity contribution < 1.29 is 9.21 Å². The first-order valence-corrected chi connectivity index (χ1v) is 8.77. The van der Waals surface area contributed by atoms with Crippen LogP contribution >= 0.6 is 22.9 Å². The van der Waals surface area contributed by atoms with E-state index >= 15 is 0 Å². The third-order valence-corrected chi connectivity index (χ3v) is 4.96. The van der Waals surface area contributed by atoms with Crippen LogP contribution < -0.4 is 0 Å². The topological polar surface area (TPSA) is 45.8 Å². The predicted octanol–water partition coefficient (Wildman–Crippen LogP) is 4.99. The lowest BCUT2D eigenvalue weighted by molar-refractivity contribution is 0.0693. The van der Waals surface area contributed by atoms with Gasteiger partial charge in [0.15, 0.2) is 0 Å². The number of nitrogens with zero attached hydrogens (tertiary/aromatic N) is 2. The molecular formula is C18H13ClN2O2S. The molecule has 1 unspecified atom stereocenters. The van der Waals surface area contributed by atoms with Gasteiger partial charge in [-0.25, -0.2) is 5.01 Å². The van der Waals surface area contributed by atoms with Gasteiger partial charge in [0.05, 0.1) is 22.6 Å². The van der Waals surface area contributed by atoms with Crippen LogP contribution in [-0.2, 0) is 0 Å². The molecule has 1 aliphatic rings. The van der Waals surface area contributed by atoms with E-state index in [4.69, 9.17) is 16.0 Å². The largest absolute Gasteiger partial charge is 0.467 e. The predicted molar refractivity (Wildman–Crippen MR) is 94.5 cm³/mol. The fraction of sp³-hybridized carbons (Fsp3) is 0.111. The second kappa shape index (κ2) is 6.26. The molecule has 1 amide bonds. The number of hydrogen-bond donors (Lipinski definition) is 0. The number of carbonyl (C=O) groups excluding carboxylic acids is 1. The molecule has 0 radical (unpaired) electrons. The lowest BCUT2D eigenvalue weighted by Gasteiger charge is -2.20. The highest BCUT2D eigenvalue weighted by Crippen LogP contribution is 2.35. The van der Waals surface area contributed by atoms with Crippen molar-refractivity contribution in [2.45, 2.75) is 12.5 Å². The maximum atomic E-state index is 13.0. The molecule has 3 aromatic rings. The molecule has 2 aromatic heterocycles. The Morgan fingerprint density at radius 3 is 2.83 bits per heavy atom. The van der Waals surface area contributed by atoms with Crippen molar-refractivity contribution in [3.63, 3.8) is 0 Å². The minimum absolute atomic E-state index is 0.229. The van der Waals surface area contributed by atoms with Crippen LogP contribution in [0.5, 0.6) is 0 Å². The quantitative estimate of drug-likeness (QED) is 0.664. The fourth-order valence-electron chi connectivity index (χ4n) is 2.76. The van der Waals surface area contributed by atoms with E-state index in [0.717, 1.165) is 11.3 Å². The Kier molecular flexibility index (Phi) is 3.96. The van der Waals surface area contributed by atoms with Gasteiger partial charge in [-0.3, -0.25) is 4.79 Å². The van der Waals surface area contributed by atoms with Gasteiger partial charge >= 0.3 is 0 Å². The zero-order valence-corrected chi connectivity index (χ0v) is 14.1. The summed E-state index contributed by atoms with van der Waals surface area (Å²) in [4.78, 5) is 13.0. The van der Waals surface area contributed by atoms with Crippen LogP contribution in [0, 0.1) is 0 Å². The first kappa shape index (κ1) is 15.2. The molecule has 0 spiro atoms. The fourth-order valence-corrected chi connectivity index (χ4v) is 3.64. The number of amides is 1. The van der Waals surface area contributed by atoms with Crippen LogP contribution in [0.2, 0.25) is 5.02 Å². The molecule has 3 heterocycles. The van der Waals surface area contributed by atoms with Crippen LogP contribution in [0.15, 0.2) is 69.0 Å². The zero-order valence-electron chi connectivity index (χ0n) is 12.6. The molecule has 4 nitrogen and oxygen atoms in total. The first-order valence-electron chi connectivity index (χ1n) is 7.45. The summed E-state index contributed by atoms with van der Waals surface area (Å²) in [7, 11) is 0. The van der Waals surface area contributed by atoms with Crippen molar-refractivity contribution in [3.05, 3.63) is 81.4 Å². The van der Waals surface area contributed by atoms with Crippen LogP contribution in [0.1, 0.15) is 34.1 Å². The van der Waals surface area contributed by atoms with Gasteiger partial charge in [0, 0.05) is 12.0 Å². The van der Waals surface area contributed by atoms with Gasteiger partial charge in [-0.2, -0.15) is 16.4 Å². The maximum Gasteiger partial charge on any atom is 0.276 e. The summed E-state index contributed by atoms with van der Waals surface area (Å²) < 4.78 is 5.53. The number of hydrazone groups is 1. The van der Waals surface area contributed by atoms with E-state index in [1.165, 1.54) is 5.01 Å². The minimum Gasteiger partial charge on any atom is -0.467 e. The highest BCUT2D eigenvalue weighted by molar-refractivity contribution is 7.08. The molecule has 0 saturated carbocycles. The molecule has 120 valence electrons. The summed E-state index contributed by atoms with van der Waals surface area (Å²) in [5.41, 5.74) is 2.34. The number of rotatable bonds is 3.